The minimum atomic E-state index is -3.54. The van der Waals surface area contributed by atoms with Crippen LogP contribution in [0, 0.1) is 13.8 Å². The van der Waals surface area contributed by atoms with E-state index in [2.05, 4.69) is 20.4 Å². The van der Waals surface area contributed by atoms with Gasteiger partial charge in [0.25, 0.3) is 0 Å². The summed E-state index contributed by atoms with van der Waals surface area (Å²) in [6.07, 6.45) is 3.06. The number of aryl methyl sites for hydroxylation is 2. The zero-order chi connectivity index (χ0) is 44.0. The highest BCUT2D eigenvalue weighted by Crippen LogP contribution is 2.37. The second-order valence-corrected chi connectivity index (χ2v) is 20.2. The molecule has 0 amide bonds. The average Bonchev–Trinajstić information content (AvgIpc) is 4.13. The van der Waals surface area contributed by atoms with Crippen LogP contribution in [0.15, 0.2) is 97.1 Å². The van der Waals surface area contributed by atoms with E-state index in [1.165, 1.54) is 0 Å². The summed E-state index contributed by atoms with van der Waals surface area (Å²) in [5, 5.41) is 16.1. The van der Waals surface area contributed by atoms with Crippen LogP contribution in [0.2, 0.25) is 0 Å². The minimum absolute atomic E-state index is 0.222. The molecule has 328 valence electrons. The Hall–Kier alpha value is -5.42. The Balaban J connectivity index is 0.000000186. The lowest BCUT2D eigenvalue weighted by Gasteiger charge is -2.19. The van der Waals surface area contributed by atoms with Crippen LogP contribution in [0.3, 0.4) is 0 Å². The smallest absolute Gasteiger partial charge is 0.167 e. The van der Waals surface area contributed by atoms with E-state index in [1.54, 1.807) is 28.1 Å². The highest BCUT2D eigenvalue weighted by atomic mass is 32.2. The molecule has 0 radical (unpaired) electrons. The normalized spacial score (nSPS) is 17.6. The molecule has 0 spiro atoms. The van der Waals surface area contributed by atoms with Crippen molar-refractivity contribution in [2.75, 3.05) is 27.4 Å². The molecule has 6 aromatic rings. The van der Waals surface area contributed by atoms with Crippen molar-refractivity contribution >= 4 is 19.7 Å². The van der Waals surface area contributed by atoms with Crippen LogP contribution in [-0.2, 0) is 40.7 Å². The molecule has 2 aliphatic heterocycles. The zero-order valence-electron chi connectivity index (χ0n) is 36.0. The molecule has 0 unspecified atom stereocenters. The van der Waals surface area contributed by atoms with Gasteiger partial charge in [-0.05, 0) is 87.8 Å². The van der Waals surface area contributed by atoms with Crippen LogP contribution in [0.1, 0.15) is 108 Å². The first-order valence-corrected chi connectivity index (χ1v) is 24.2. The van der Waals surface area contributed by atoms with Gasteiger partial charge in [0.05, 0.1) is 36.1 Å². The molecular weight excluding hydrogens is 829 g/mol. The van der Waals surface area contributed by atoms with Crippen LogP contribution < -0.4 is 9.47 Å². The van der Waals surface area contributed by atoms with E-state index in [9.17, 15) is 16.8 Å². The second-order valence-electron chi connectivity index (χ2n) is 15.6. The number of benzene rings is 4. The van der Waals surface area contributed by atoms with Crippen molar-refractivity contribution in [3.63, 3.8) is 0 Å². The largest absolute Gasteiger partial charge is 0.495 e. The third-order valence-electron chi connectivity index (χ3n) is 11.5. The fraction of sp³-hybridized carbons (Fsp3) is 0.391. The molecule has 2 aliphatic rings. The first-order chi connectivity index (χ1) is 29.8. The summed E-state index contributed by atoms with van der Waals surface area (Å²) in [7, 11) is -3.89. The third kappa shape index (κ3) is 9.48. The number of nitrogens with zero attached hydrogens (tertiary/aromatic N) is 6. The SMILES string of the molecule is COc1cccc(C)c1-n1c(CS(=O)(=O)[C@@H](C)c2ccccc2)nnc1[C@@H]1CCCO1.COc1cccc(C)c1-n1c(CS(=O)(=O)[C@@H](C)c2ccccc2)nnc1[C@H]1CCCO1. The summed E-state index contributed by atoms with van der Waals surface area (Å²) < 4.78 is 79.8. The predicted octanol–water partition coefficient (Wildman–Crippen LogP) is 8.22. The lowest BCUT2D eigenvalue weighted by molar-refractivity contribution is 0.103. The van der Waals surface area contributed by atoms with Gasteiger partial charge in [-0.2, -0.15) is 0 Å². The van der Waals surface area contributed by atoms with Crippen LogP contribution in [0.5, 0.6) is 11.5 Å². The monoisotopic (exact) mass is 882 g/mol. The summed E-state index contributed by atoms with van der Waals surface area (Å²) >= 11 is 0. The maximum Gasteiger partial charge on any atom is 0.167 e. The van der Waals surface area contributed by atoms with E-state index in [1.807, 2.05) is 120 Å². The van der Waals surface area contributed by atoms with Crippen molar-refractivity contribution < 1.29 is 35.8 Å². The van der Waals surface area contributed by atoms with Crippen molar-refractivity contribution in [3.8, 4) is 22.9 Å². The number of rotatable bonds is 14. The van der Waals surface area contributed by atoms with Crippen molar-refractivity contribution in [3.05, 3.63) is 143 Å². The number of methoxy groups -OCH3 is 2. The highest BCUT2D eigenvalue weighted by molar-refractivity contribution is 7.91. The van der Waals surface area contributed by atoms with Gasteiger partial charge < -0.3 is 18.9 Å². The standard InChI is InChI=1S/2C23H27N3O4S/c2*1-16-9-7-12-19(29-3)22(16)26-21(24-25-23(26)20-13-8-14-30-20)15-31(27,28)17(2)18-10-5-4-6-11-18/h2*4-7,9-12,17,20H,8,13-15H2,1-3H3/t17-,20+;17-,20-/m00/s1. The highest BCUT2D eigenvalue weighted by Gasteiger charge is 2.34. The Morgan fingerprint density at radius 1 is 0.581 bits per heavy atom. The topological polar surface area (TPSA) is 167 Å². The van der Waals surface area contributed by atoms with Crippen molar-refractivity contribution in [2.45, 2.75) is 87.6 Å². The molecule has 2 fully saturated rings. The molecule has 4 aromatic carbocycles. The van der Waals surface area contributed by atoms with Gasteiger partial charge in [-0.3, -0.25) is 9.13 Å². The molecule has 4 heterocycles. The second kappa shape index (κ2) is 19.3. The van der Waals surface area contributed by atoms with E-state index in [0.29, 0.717) is 48.0 Å². The van der Waals surface area contributed by atoms with Crippen LogP contribution in [0.4, 0.5) is 0 Å². The molecule has 8 rings (SSSR count). The quantitative estimate of drug-likeness (QED) is 0.103. The molecule has 16 heteroatoms. The number of hydrogen-bond acceptors (Lipinski definition) is 12. The first-order valence-electron chi connectivity index (χ1n) is 20.8. The van der Waals surface area contributed by atoms with E-state index in [-0.39, 0.29) is 23.7 Å². The van der Waals surface area contributed by atoms with Gasteiger partial charge in [0.1, 0.15) is 35.2 Å². The Kier molecular flexibility index (Phi) is 13.9. The summed E-state index contributed by atoms with van der Waals surface area (Å²) in [6.45, 7) is 8.65. The van der Waals surface area contributed by atoms with Gasteiger partial charge in [0.2, 0.25) is 0 Å². The summed E-state index contributed by atoms with van der Waals surface area (Å²) in [4.78, 5) is 0. The van der Waals surface area contributed by atoms with Crippen molar-refractivity contribution in [1.29, 1.82) is 0 Å². The Morgan fingerprint density at radius 2 is 0.968 bits per heavy atom. The van der Waals surface area contributed by atoms with Crippen LogP contribution >= 0.6 is 0 Å². The zero-order valence-corrected chi connectivity index (χ0v) is 37.6. The van der Waals surface area contributed by atoms with Gasteiger partial charge in [0.15, 0.2) is 43.0 Å². The molecule has 2 saturated heterocycles. The van der Waals surface area contributed by atoms with Crippen LogP contribution in [0.25, 0.3) is 11.4 Å². The summed E-state index contributed by atoms with van der Waals surface area (Å²) in [5.74, 6) is 2.75. The number of ether oxygens (including phenoxy) is 4. The molecule has 4 atom stereocenters. The fourth-order valence-electron chi connectivity index (χ4n) is 7.95. The fourth-order valence-corrected chi connectivity index (χ4v) is 10.7. The lowest BCUT2D eigenvalue weighted by atomic mass is 10.1. The average molecular weight is 883 g/mol. The molecular formula is C46H54N6O8S2. The Labute approximate surface area is 364 Å². The molecule has 2 aromatic heterocycles. The van der Waals surface area contributed by atoms with E-state index < -0.39 is 30.2 Å². The van der Waals surface area contributed by atoms with E-state index in [4.69, 9.17) is 18.9 Å². The van der Waals surface area contributed by atoms with Crippen LogP contribution in [-0.4, -0.2) is 73.8 Å². The van der Waals surface area contributed by atoms with Gasteiger partial charge in [0, 0.05) is 13.2 Å². The Bertz CT molecular complexity index is 2490. The molecule has 0 N–H and O–H groups in total. The predicted molar refractivity (Wildman–Crippen MR) is 236 cm³/mol. The van der Waals surface area contributed by atoms with Gasteiger partial charge in [-0.25, -0.2) is 16.8 Å². The number of hydrogen-bond donors (Lipinski definition) is 0. The van der Waals surface area contributed by atoms with Crippen molar-refractivity contribution in [1.82, 2.24) is 29.5 Å². The first kappa shape index (κ1) is 44.6. The number of sulfone groups is 2. The van der Waals surface area contributed by atoms with E-state index in [0.717, 1.165) is 59.3 Å². The number of aromatic nitrogens is 6. The Morgan fingerprint density at radius 3 is 1.31 bits per heavy atom. The van der Waals surface area contributed by atoms with E-state index >= 15 is 0 Å². The molecule has 0 aliphatic carbocycles. The third-order valence-corrected chi connectivity index (χ3v) is 15.5. The van der Waals surface area contributed by atoms with Gasteiger partial charge in [-0.15, -0.1) is 20.4 Å². The molecule has 62 heavy (non-hydrogen) atoms. The maximum atomic E-state index is 13.3. The minimum Gasteiger partial charge on any atom is -0.495 e. The number of para-hydroxylation sites is 2. The van der Waals surface area contributed by atoms with Gasteiger partial charge in [-0.1, -0.05) is 84.9 Å². The lowest BCUT2D eigenvalue weighted by Crippen LogP contribution is -2.18. The molecule has 0 bridgehead atoms. The van der Waals surface area contributed by atoms with Crippen molar-refractivity contribution in [2.24, 2.45) is 0 Å². The van der Waals surface area contributed by atoms with Gasteiger partial charge >= 0.3 is 0 Å². The summed E-state index contributed by atoms with van der Waals surface area (Å²) in [6, 6.07) is 29.9. The molecule has 0 saturated carbocycles. The summed E-state index contributed by atoms with van der Waals surface area (Å²) in [5.41, 5.74) is 4.88. The maximum absolute atomic E-state index is 13.3. The molecule has 14 nitrogen and oxygen atoms in total.